The molecule has 0 aromatic carbocycles. The minimum Gasteiger partial charge on any atom is -0.348 e. The quantitative estimate of drug-likeness (QED) is 0.497. The molecule has 0 radical (unpaired) electrons. The summed E-state index contributed by atoms with van der Waals surface area (Å²) in [5.74, 6) is -0.230. The maximum absolute atomic E-state index is 12.9. The van der Waals surface area contributed by atoms with E-state index in [1.54, 1.807) is 11.3 Å². The van der Waals surface area contributed by atoms with Crippen LogP contribution in [0.2, 0.25) is 0 Å². The van der Waals surface area contributed by atoms with Crippen molar-refractivity contribution >= 4 is 27.1 Å². The van der Waals surface area contributed by atoms with Crippen molar-refractivity contribution in [3.63, 3.8) is 0 Å². The Bertz CT molecular complexity index is 1220. The molecule has 3 aromatic rings. The summed E-state index contributed by atoms with van der Waals surface area (Å²) in [6.45, 7) is 4.39. The molecule has 0 spiro atoms. The van der Waals surface area contributed by atoms with Crippen LogP contribution in [0.25, 0.3) is 0 Å². The van der Waals surface area contributed by atoms with Gasteiger partial charge in [0.2, 0.25) is 10.0 Å². The first-order valence-electron chi connectivity index (χ1n) is 9.46. The monoisotopic (exact) mass is 447 g/mol. The number of Topliss-reactive ketones (excluding diaryl/α,β-unsaturated/α-hetero) is 1. The van der Waals surface area contributed by atoms with Crippen LogP contribution in [-0.4, -0.2) is 41.7 Å². The van der Waals surface area contributed by atoms with Crippen molar-refractivity contribution in [3.8, 4) is 0 Å². The van der Waals surface area contributed by atoms with Gasteiger partial charge in [0.15, 0.2) is 5.78 Å². The standard InChI is InChI=1S/C21H25N3O4S2/c1-15-12-19(16(2)24(15)10-9-17-6-5-11-29-17)20(25)14-23-13-18(7-8-21(23)26)30(27,28)22(3)4/h5-8,11-13H,9-10,14H2,1-4H3. The Labute approximate surface area is 180 Å². The molecule has 0 unspecified atom stereocenters. The zero-order valence-corrected chi connectivity index (χ0v) is 19.1. The van der Waals surface area contributed by atoms with Gasteiger partial charge in [0.25, 0.3) is 5.56 Å². The number of rotatable bonds is 8. The second-order valence-electron chi connectivity index (χ2n) is 7.31. The second kappa shape index (κ2) is 8.71. The van der Waals surface area contributed by atoms with Crippen LogP contribution in [0, 0.1) is 13.8 Å². The molecular weight excluding hydrogens is 422 g/mol. The number of pyridine rings is 1. The lowest BCUT2D eigenvalue weighted by Crippen LogP contribution is -2.27. The van der Waals surface area contributed by atoms with Crippen molar-refractivity contribution < 1.29 is 13.2 Å². The Kier molecular flexibility index (Phi) is 6.44. The number of aromatic nitrogens is 2. The fourth-order valence-corrected chi connectivity index (χ4v) is 4.96. The number of hydrogen-bond acceptors (Lipinski definition) is 5. The highest BCUT2D eigenvalue weighted by molar-refractivity contribution is 7.89. The van der Waals surface area contributed by atoms with Crippen LogP contribution in [0.5, 0.6) is 0 Å². The van der Waals surface area contributed by atoms with Gasteiger partial charge in [0.1, 0.15) is 0 Å². The molecule has 0 N–H and O–H groups in total. The van der Waals surface area contributed by atoms with E-state index in [1.165, 1.54) is 37.3 Å². The minimum absolute atomic E-state index is 0.0266. The molecule has 3 rings (SSSR count). The summed E-state index contributed by atoms with van der Waals surface area (Å²) in [6, 6.07) is 8.37. The van der Waals surface area contributed by atoms with Crippen molar-refractivity contribution in [2.45, 2.75) is 38.3 Å². The number of hydrogen-bond donors (Lipinski definition) is 0. The summed E-state index contributed by atoms with van der Waals surface area (Å²) in [5.41, 5.74) is 1.95. The molecule has 160 valence electrons. The van der Waals surface area contributed by atoms with Gasteiger partial charge in [0, 0.05) is 54.7 Å². The Morgan fingerprint density at radius 2 is 1.90 bits per heavy atom. The van der Waals surface area contributed by atoms with E-state index in [-0.39, 0.29) is 17.2 Å². The molecule has 0 amide bonds. The number of carbonyl (C=O) groups is 1. The van der Waals surface area contributed by atoms with Crippen LogP contribution in [-0.2, 0) is 29.5 Å². The summed E-state index contributed by atoms with van der Waals surface area (Å²) in [6.07, 6.45) is 2.11. The van der Waals surface area contributed by atoms with Gasteiger partial charge in [-0.2, -0.15) is 0 Å². The fourth-order valence-electron chi connectivity index (χ4n) is 3.34. The molecule has 0 saturated heterocycles. The van der Waals surface area contributed by atoms with Gasteiger partial charge in [-0.15, -0.1) is 11.3 Å². The highest BCUT2D eigenvalue weighted by atomic mass is 32.2. The molecule has 3 heterocycles. The molecule has 0 aliphatic rings. The van der Waals surface area contributed by atoms with E-state index in [0.717, 1.165) is 33.2 Å². The zero-order chi connectivity index (χ0) is 22.1. The third-order valence-corrected chi connectivity index (χ3v) is 7.82. The third kappa shape index (κ3) is 4.48. The van der Waals surface area contributed by atoms with Crippen molar-refractivity contribution in [2.24, 2.45) is 0 Å². The van der Waals surface area contributed by atoms with Gasteiger partial charge in [-0.3, -0.25) is 9.59 Å². The van der Waals surface area contributed by atoms with Crippen LogP contribution < -0.4 is 5.56 Å². The van der Waals surface area contributed by atoms with Crippen molar-refractivity contribution in [2.75, 3.05) is 14.1 Å². The van der Waals surface area contributed by atoms with E-state index in [0.29, 0.717) is 5.56 Å². The zero-order valence-electron chi connectivity index (χ0n) is 17.5. The first-order chi connectivity index (χ1) is 14.1. The summed E-state index contributed by atoms with van der Waals surface area (Å²) in [5, 5.41) is 2.04. The maximum atomic E-state index is 12.9. The maximum Gasteiger partial charge on any atom is 0.251 e. The second-order valence-corrected chi connectivity index (χ2v) is 10.5. The Morgan fingerprint density at radius 1 is 1.17 bits per heavy atom. The van der Waals surface area contributed by atoms with Crippen LogP contribution >= 0.6 is 11.3 Å². The first kappa shape index (κ1) is 22.2. The van der Waals surface area contributed by atoms with Crippen LogP contribution in [0.1, 0.15) is 26.6 Å². The van der Waals surface area contributed by atoms with E-state index in [2.05, 4.69) is 10.6 Å². The number of aryl methyl sites for hydroxylation is 2. The summed E-state index contributed by atoms with van der Waals surface area (Å²) in [4.78, 5) is 26.4. The third-order valence-electron chi connectivity index (χ3n) is 5.08. The predicted octanol–water partition coefficient (Wildman–Crippen LogP) is 2.70. The van der Waals surface area contributed by atoms with E-state index in [9.17, 15) is 18.0 Å². The Hall–Kier alpha value is -2.49. The van der Waals surface area contributed by atoms with Gasteiger partial charge >= 0.3 is 0 Å². The fraction of sp³-hybridized carbons (Fsp3) is 0.333. The van der Waals surface area contributed by atoms with Gasteiger partial charge in [-0.05, 0) is 43.8 Å². The van der Waals surface area contributed by atoms with E-state index in [4.69, 9.17) is 0 Å². The number of sulfonamides is 1. The highest BCUT2D eigenvalue weighted by Gasteiger charge is 2.20. The number of thiophene rings is 1. The molecule has 0 atom stereocenters. The van der Waals surface area contributed by atoms with E-state index >= 15 is 0 Å². The topological polar surface area (TPSA) is 81.4 Å². The molecular formula is C21H25N3O4S2. The average Bonchev–Trinajstić information content (AvgIpc) is 3.29. The lowest BCUT2D eigenvalue weighted by atomic mass is 10.1. The van der Waals surface area contributed by atoms with Crippen LogP contribution in [0.3, 0.4) is 0 Å². The van der Waals surface area contributed by atoms with Gasteiger partial charge in [-0.25, -0.2) is 12.7 Å². The molecule has 0 bridgehead atoms. The van der Waals surface area contributed by atoms with Gasteiger partial charge in [-0.1, -0.05) is 6.07 Å². The van der Waals surface area contributed by atoms with Crippen LogP contribution in [0.15, 0.2) is 51.6 Å². The first-order valence-corrected chi connectivity index (χ1v) is 11.8. The summed E-state index contributed by atoms with van der Waals surface area (Å²) < 4.78 is 29.0. The Morgan fingerprint density at radius 3 is 2.53 bits per heavy atom. The van der Waals surface area contributed by atoms with E-state index < -0.39 is 15.6 Å². The van der Waals surface area contributed by atoms with Crippen LogP contribution in [0.4, 0.5) is 0 Å². The number of nitrogens with zero attached hydrogens (tertiary/aromatic N) is 3. The summed E-state index contributed by atoms with van der Waals surface area (Å²) >= 11 is 1.70. The van der Waals surface area contributed by atoms with Crippen molar-refractivity contribution in [3.05, 3.63) is 74.1 Å². The lowest BCUT2D eigenvalue weighted by Gasteiger charge is -2.13. The normalized spacial score (nSPS) is 11.9. The molecule has 0 aliphatic carbocycles. The van der Waals surface area contributed by atoms with Gasteiger partial charge in [0.05, 0.1) is 11.4 Å². The largest absolute Gasteiger partial charge is 0.348 e. The molecule has 0 fully saturated rings. The predicted molar refractivity (Wildman–Crippen MR) is 118 cm³/mol. The SMILES string of the molecule is Cc1cc(C(=O)Cn2cc(S(=O)(=O)N(C)C)ccc2=O)c(C)n1CCc1cccs1. The molecule has 30 heavy (non-hydrogen) atoms. The Balaban J connectivity index is 1.85. The van der Waals surface area contributed by atoms with Crippen molar-refractivity contribution in [1.82, 2.24) is 13.4 Å². The molecule has 7 nitrogen and oxygen atoms in total. The van der Waals surface area contributed by atoms with E-state index in [1.807, 2.05) is 31.4 Å². The van der Waals surface area contributed by atoms with Gasteiger partial charge < -0.3 is 9.13 Å². The molecule has 0 aliphatic heterocycles. The summed E-state index contributed by atoms with van der Waals surface area (Å²) in [7, 11) is -0.862. The minimum atomic E-state index is -3.70. The average molecular weight is 448 g/mol. The molecule has 0 saturated carbocycles. The highest BCUT2D eigenvalue weighted by Crippen LogP contribution is 2.19. The smallest absolute Gasteiger partial charge is 0.251 e. The van der Waals surface area contributed by atoms with Crippen molar-refractivity contribution in [1.29, 1.82) is 0 Å². The molecule has 9 heteroatoms. The molecule has 3 aromatic heterocycles. The number of ketones is 1. The number of carbonyl (C=O) groups excluding carboxylic acids is 1. The lowest BCUT2D eigenvalue weighted by molar-refractivity contribution is 0.0969.